The number of hydrogen-bond acceptors (Lipinski definition) is 3. The summed E-state index contributed by atoms with van der Waals surface area (Å²) in [4.78, 5) is 0. The maximum absolute atomic E-state index is 6.25. The van der Waals surface area contributed by atoms with Crippen molar-refractivity contribution >= 4 is 5.69 Å². The van der Waals surface area contributed by atoms with Crippen LogP contribution in [0, 0.1) is 11.8 Å². The SMILES string of the molecule is NNc1ccccc1.[C-]#N. The summed E-state index contributed by atoms with van der Waals surface area (Å²) < 4.78 is 0. The van der Waals surface area contributed by atoms with Crippen molar-refractivity contribution in [3.8, 4) is 0 Å². The zero-order valence-corrected chi connectivity index (χ0v) is 5.41. The van der Waals surface area contributed by atoms with E-state index in [1.165, 1.54) is 0 Å². The van der Waals surface area contributed by atoms with Crippen molar-refractivity contribution in [1.82, 2.24) is 0 Å². The van der Waals surface area contributed by atoms with Gasteiger partial charge in [0.05, 0.1) is 0 Å². The largest absolute Gasteiger partial charge is 0.512 e. The molecule has 0 saturated carbocycles. The summed E-state index contributed by atoms with van der Waals surface area (Å²) in [6.07, 6.45) is 0. The number of hydrazine groups is 1. The summed E-state index contributed by atoms with van der Waals surface area (Å²) in [6, 6.07) is 9.60. The molecule has 0 heterocycles. The third-order valence-corrected chi connectivity index (χ3v) is 0.940. The number of nitrogen functional groups attached to an aromatic ring is 1. The van der Waals surface area contributed by atoms with Crippen LogP contribution in [0.1, 0.15) is 0 Å². The molecule has 1 aromatic rings. The van der Waals surface area contributed by atoms with Gasteiger partial charge in [-0.25, -0.2) is 0 Å². The highest BCUT2D eigenvalue weighted by molar-refractivity contribution is 5.40. The van der Waals surface area contributed by atoms with Gasteiger partial charge in [-0.2, -0.15) is 0 Å². The van der Waals surface area contributed by atoms with Crippen molar-refractivity contribution < 1.29 is 0 Å². The van der Waals surface area contributed by atoms with Crippen LogP contribution in [-0.2, 0) is 0 Å². The molecular weight excluding hydrogens is 126 g/mol. The molecule has 0 radical (unpaired) electrons. The standard InChI is InChI=1S/C6H8N2.CN/c7-8-6-4-2-1-3-5-6;1-2/h1-5,8H,7H2;/q;-1. The number of benzene rings is 1. The fourth-order valence-electron chi connectivity index (χ4n) is 0.534. The smallest absolute Gasteiger partial charge is 0.0485 e. The van der Waals surface area contributed by atoms with Crippen molar-refractivity contribution in [3.63, 3.8) is 0 Å². The Labute approximate surface area is 60.1 Å². The van der Waals surface area contributed by atoms with Crippen LogP contribution in [0.4, 0.5) is 5.69 Å². The predicted molar refractivity (Wildman–Crippen MR) is 39.2 cm³/mol. The summed E-state index contributed by atoms with van der Waals surface area (Å²) in [6.45, 7) is 4.75. The monoisotopic (exact) mass is 134 g/mol. The van der Waals surface area contributed by atoms with Gasteiger partial charge in [0.15, 0.2) is 0 Å². The molecule has 0 saturated heterocycles. The van der Waals surface area contributed by atoms with Crippen LogP contribution in [-0.4, -0.2) is 0 Å². The molecule has 0 amide bonds. The molecule has 3 nitrogen and oxygen atoms in total. The zero-order chi connectivity index (χ0) is 7.82. The number of anilines is 1. The van der Waals surface area contributed by atoms with Gasteiger partial charge in [0, 0.05) is 5.69 Å². The molecule has 3 heteroatoms. The van der Waals surface area contributed by atoms with Gasteiger partial charge in [0.1, 0.15) is 0 Å². The van der Waals surface area contributed by atoms with E-state index in [0.29, 0.717) is 0 Å². The summed E-state index contributed by atoms with van der Waals surface area (Å²) in [5, 5.41) is 6.25. The van der Waals surface area contributed by atoms with E-state index in [1.54, 1.807) is 0 Å². The second kappa shape index (κ2) is 5.60. The first-order valence-electron chi connectivity index (χ1n) is 2.67. The second-order valence-electron chi connectivity index (χ2n) is 1.51. The van der Waals surface area contributed by atoms with Crippen molar-refractivity contribution in [1.29, 1.82) is 5.26 Å². The highest BCUT2D eigenvalue weighted by Crippen LogP contribution is 2.00. The van der Waals surface area contributed by atoms with Gasteiger partial charge in [0.2, 0.25) is 0 Å². The predicted octanol–water partition coefficient (Wildman–Crippen LogP) is 1.07. The molecule has 0 aromatic heterocycles. The molecule has 52 valence electrons. The molecule has 0 unspecified atom stereocenters. The third kappa shape index (κ3) is 2.70. The maximum Gasteiger partial charge on any atom is 0.0485 e. The summed E-state index contributed by atoms with van der Waals surface area (Å²) in [7, 11) is 0. The van der Waals surface area contributed by atoms with Crippen LogP contribution in [0.15, 0.2) is 30.3 Å². The molecule has 1 aromatic carbocycles. The molecule has 0 atom stereocenters. The summed E-state index contributed by atoms with van der Waals surface area (Å²) >= 11 is 0. The lowest BCUT2D eigenvalue weighted by Crippen LogP contribution is -2.05. The quantitative estimate of drug-likeness (QED) is 0.343. The first-order chi connectivity index (χ1) is 4.93. The number of nitrogens with two attached hydrogens (primary N) is 1. The Bertz CT molecular complexity index is 181. The van der Waals surface area contributed by atoms with E-state index in [2.05, 4.69) is 5.43 Å². The van der Waals surface area contributed by atoms with Gasteiger partial charge in [-0.3, -0.25) is 5.84 Å². The van der Waals surface area contributed by atoms with Crippen molar-refractivity contribution in [2.75, 3.05) is 5.43 Å². The molecule has 0 aliphatic rings. The van der Waals surface area contributed by atoms with Crippen molar-refractivity contribution in [2.45, 2.75) is 0 Å². The average molecular weight is 134 g/mol. The van der Waals surface area contributed by atoms with Crippen LogP contribution < -0.4 is 11.3 Å². The first-order valence-corrected chi connectivity index (χ1v) is 2.67. The second-order valence-corrected chi connectivity index (χ2v) is 1.51. The van der Waals surface area contributed by atoms with E-state index in [9.17, 15) is 0 Å². The highest BCUT2D eigenvalue weighted by atomic mass is 15.2. The third-order valence-electron chi connectivity index (χ3n) is 0.940. The fourth-order valence-corrected chi connectivity index (χ4v) is 0.534. The molecule has 3 N–H and O–H groups in total. The molecule has 0 spiro atoms. The average Bonchev–Trinajstić information content (AvgIpc) is 2.10. The molecule has 10 heavy (non-hydrogen) atoms. The molecular formula is C7H8N3-. The summed E-state index contributed by atoms with van der Waals surface area (Å²) in [5.41, 5.74) is 3.46. The van der Waals surface area contributed by atoms with E-state index in [-0.39, 0.29) is 0 Å². The number of nitrogens with zero attached hydrogens (tertiary/aromatic N) is 1. The lowest BCUT2D eigenvalue weighted by molar-refractivity contribution is 1.35. The van der Waals surface area contributed by atoms with Crippen LogP contribution in [0.3, 0.4) is 0 Å². The maximum atomic E-state index is 6.25. The Kier molecular flexibility index (Phi) is 4.75. The minimum absolute atomic E-state index is 0.938. The normalized spacial score (nSPS) is 7.10. The topological polar surface area (TPSA) is 61.8 Å². The Hall–Kier alpha value is -1.53. The Balaban J connectivity index is 0.000000371. The minimum Gasteiger partial charge on any atom is -0.512 e. The lowest BCUT2D eigenvalue weighted by Gasteiger charge is -1.94. The van der Waals surface area contributed by atoms with E-state index >= 15 is 0 Å². The van der Waals surface area contributed by atoms with Crippen molar-refractivity contribution in [2.24, 2.45) is 5.84 Å². The Morgan fingerprint density at radius 3 is 2.00 bits per heavy atom. The van der Waals surface area contributed by atoms with Gasteiger partial charge in [0.25, 0.3) is 0 Å². The molecule has 0 aliphatic carbocycles. The van der Waals surface area contributed by atoms with Crippen LogP contribution in [0.2, 0.25) is 0 Å². The first kappa shape index (κ1) is 8.47. The van der Waals surface area contributed by atoms with Gasteiger partial charge in [-0.15, -0.1) is 0 Å². The Morgan fingerprint density at radius 2 is 1.70 bits per heavy atom. The number of hydrogen-bond donors (Lipinski definition) is 2. The highest BCUT2D eigenvalue weighted by Gasteiger charge is 1.78. The molecule has 0 bridgehead atoms. The van der Waals surface area contributed by atoms with Crippen LogP contribution in [0.25, 0.3) is 0 Å². The minimum atomic E-state index is 0.938. The molecule has 0 fully saturated rings. The molecule has 0 aliphatic heterocycles. The van der Waals surface area contributed by atoms with Gasteiger partial charge >= 0.3 is 0 Å². The Morgan fingerprint density at radius 1 is 1.20 bits per heavy atom. The summed E-state index contributed by atoms with van der Waals surface area (Å²) in [5.74, 6) is 5.10. The van der Waals surface area contributed by atoms with Crippen LogP contribution >= 0.6 is 0 Å². The van der Waals surface area contributed by atoms with E-state index < -0.39 is 0 Å². The van der Waals surface area contributed by atoms with Gasteiger partial charge in [-0.05, 0) is 12.1 Å². The number of rotatable bonds is 1. The van der Waals surface area contributed by atoms with Crippen LogP contribution in [0.5, 0.6) is 0 Å². The van der Waals surface area contributed by atoms with E-state index in [4.69, 9.17) is 17.7 Å². The lowest BCUT2D eigenvalue weighted by atomic mass is 10.3. The van der Waals surface area contributed by atoms with Crippen molar-refractivity contribution in [3.05, 3.63) is 36.9 Å². The van der Waals surface area contributed by atoms with Gasteiger partial charge < -0.3 is 17.3 Å². The van der Waals surface area contributed by atoms with Gasteiger partial charge in [-0.1, -0.05) is 18.2 Å². The van der Waals surface area contributed by atoms with E-state index in [1.807, 2.05) is 30.3 Å². The molecule has 1 rings (SSSR count). The zero-order valence-electron chi connectivity index (χ0n) is 5.41. The van der Waals surface area contributed by atoms with E-state index in [0.717, 1.165) is 5.69 Å². The fraction of sp³-hybridized carbons (Fsp3) is 0. The number of para-hydroxylation sites is 1. The number of nitrogens with one attached hydrogen (secondary N) is 1.